The van der Waals surface area contributed by atoms with Crippen LogP contribution in [0.4, 0.5) is 15.8 Å². The van der Waals surface area contributed by atoms with Crippen LogP contribution >= 0.6 is 0 Å². The average molecular weight is 609 g/mol. The second kappa shape index (κ2) is 13.5. The molecule has 0 aromatic heterocycles. The number of hydrogen-bond donors (Lipinski definition) is 4. The van der Waals surface area contributed by atoms with Crippen molar-refractivity contribution in [3.05, 3.63) is 95.8 Å². The number of ether oxygens (including phenoxy) is 2. The smallest absolute Gasteiger partial charge is 0.255 e. The van der Waals surface area contributed by atoms with Crippen LogP contribution in [0.5, 0.6) is 11.5 Å². The first kappa shape index (κ1) is 30.3. The number of halogens is 1. The van der Waals surface area contributed by atoms with Crippen LogP contribution < -0.4 is 30.7 Å². The molecule has 2 heterocycles. The van der Waals surface area contributed by atoms with E-state index >= 15 is 0 Å². The van der Waals surface area contributed by atoms with Crippen LogP contribution in [0.3, 0.4) is 0 Å². The zero-order valence-electron chi connectivity index (χ0n) is 25.4. The monoisotopic (exact) mass is 608 g/mol. The van der Waals surface area contributed by atoms with Crippen LogP contribution in [-0.4, -0.2) is 50.2 Å². The molecule has 2 saturated heterocycles. The Bertz CT molecular complexity index is 1710. The van der Waals surface area contributed by atoms with Gasteiger partial charge in [-0.25, -0.2) is 4.39 Å². The molecule has 9 heteroatoms. The molecule has 2 atom stereocenters. The van der Waals surface area contributed by atoms with E-state index in [0.29, 0.717) is 34.0 Å². The summed E-state index contributed by atoms with van der Waals surface area (Å²) in [6, 6.07) is 23.4. The van der Waals surface area contributed by atoms with Gasteiger partial charge in [-0.3, -0.25) is 9.59 Å². The van der Waals surface area contributed by atoms with Crippen molar-refractivity contribution in [1.29, 1.82) is 0 Å². The number of carbonyl (C=O) groups excluding carboxylic acids is 2. The summed E-state index contributed by atoms with van der Waals surface area (Å²) in [5.41, 5.74) is 5.35. The van der Waals surface area contributed by atoms with Crippen LogP contribution in [0.1, 0.15) is 35.7 Å². The Hall–Kier alpha value is -4.73. The molecule has 2 fully saturated rings. The fourth-order valence-electron chi connectivity index (χ4n) is 5.74. The highest BCUT2D eigenvalue weighted by Crippen LogP contribution is 2.37. The van der Waals surface area contributed by atoms with Crippen LogP contribution in [0.15, 0.2) is 78.9 Å². The largest absolute Gasteiger partial charge is 0.488 e. The second-order valence-corrected chi connectivity index (χ2v) is 11.6. The summed E-state index contributed by atoms with van der Waals surface area (Å²) >= 11 is 0. The Kier molecular flexibility index (Phi) is 9.09. The number of benzene rings is 4. The van der Waals surface area contributed by atoms with Crippen molar-refractivity contribution in [3.8, 4) is 33.8 Å². The molecule has 0 unspecified atom stereocenters. The van der Waals surface area contributed by atoms with E-state index in [1.54, 1.807) is 31.2 Å². The Morgan fingerprint density at radius 2 is 1.40 bits per heavy atom. The summed E-state index contributed by atoms with van der Waals surface area (Å²) in [6.07, 6.45) is 1.85. The van der Waals surface area contributed by atoms with Crippen molar-refractivity contribution in [2.45, 2.75) is 38.9 Å². The van der Waals surface area contributed by atoms with E-state index in [1.807, 2.05) is 48.5 Å². The molecule has 6 rings (SSSR count). The maximum absolute atomic E-state index is 14.1. The average Bonchev–Trinajstić information content (AvgIpc) is 3.74. The Balaban J connectivity index is 1.31. The van der Waals surface area contributed by atoms with Gasteiger partial charge < -0.3 is 30.7 Å². The Morgan fingerprint density at radius 1 is 0.756 bits per heavy atom. The van der Waals surface area contributed by atoms with Gasteiger partial charge in [-0.2, -0.15) is 0 Å². The number of hydrogen-bond acceptors (Lipinski definition) is 6. The predicted octanol–water partition coefficient (Wildman–Crippen LogP) is 6.16. The lowest BCUT2D eigenvalue weighted by molar-refractivity contribution is -0.114. The van der Waals surface area contributed by atoms with E-state index in [-0.39, 0.29) is 29.8 Å². The van der Waals surface area contributed by atoms with Gasteiger partial charge in [0.1, 0.15) is 29.5 Å². The van der Waals surface area contributed by atoms with Gasteiger partial charge in [0.2, 0.25) is 5.91 Å². The number of amides is 2. The molecular formula is C36H37FN4O4. The zero-order valence-corrected chi connectivity index (χ0v) is 25.4. The third-order valence-electron chi connectivity index (χ3n) is 8.06. The molecule has 0 saturated carbocycles. The SMILES string of the molecule is CC(=O)Nc1cccc(-c2cc(NC(=O)c3ccc(O[C@H]4CCNC4)c(-c4ccc(F)c(C)c4)c3)ccc2O[C@@H]2CCNC2)c1. The minimum atomic E-state index is -0.296. The fourth-order valence-corrected chi connectivity index (χ4v) is 5.74. The molecule has 0 bridgehead atoms. The molecule has 0 spiro atoms. The molecule has 2 aliphatic heterocycles. The van der Waals surface area contributed by atoms with Crippen molar-refractivity contribution < 1.29 is 23.5 Å². The van der Waals surface area contributed by atoms with Crippen molar-refractivity contribution in [3.63, 3.8) is 0 Å². The van der Waals surface area contributed by atoms with Crippen molar-refractivity contribution >= 4 is 23.2 Å². The quantitative estimate of drug-likeness (QED) is 0.182. The third kappa shape index (κ3) is 7.33. The van der Waals surface area contributed by atoms with E-state index in [4.69, 9.17) is 9.47 Å². The molecular weight excluding hydrogens is 571 g/mol. The van der Waals surface area contributed by atoms with Gasteiger partial charge in [-0.05, 0) is 110 Å². The first-order chi connectivity index (χ1) is 21.8. The third-order valence-corrected chi connectivity index (χ3v) is 8.06. The summed E-state index contributed by atoms with van der Waals surface area (Å²) in [5, 5.41) is 12.5. The van der Waals surface area contributed by atoms with E-state index in [1.165, 1.54) is 13.0 Å². The van der Waals surface area contributed by atoms with E-state index in [2.05, 4.69) is 21.3 Å². The maximum Gasteiger partial charge on any atom is 0.255 e. The first-order valence-corrected chi connectivity index (χ1v) is 15.3. The van der Waals surface area contributed by atoms with Gasteiger partial charge in [0.05, 0.1) is 0 Å². The highest BCUT2D eigenvalue weighted by atomic mass is 19.1. The summed E-state index contributed by atoms with van der Waals surface area (Å²) in [7, 11) is 0. The van der Waals surface area contributed by atoms with E-state index in [9.17, 15) is 14.0 Å². The molecule has 4 aromatic carbocycles. The standard InChI is InChI=1S/C36H37FN4O4/c1-22-16-25(6-9-33(22)37)31-18-26(7-10-34(31)44-29-12-14-38-20-29)36(43)41-28-8-11-35(45-30-13-15-39-21-30)32(19-28)24-4-3-5-27(17-24)40-23(2)42/h3-11,16-19,29-30,38-39H,12-15,20-21H2,1-2H3,(H,40,42)(H,41,43)/t29-,30+/m0/s1. The molecule has 8 nitrogen and oxygen atoms in total. The van der Waals surface area contributed by atoms with Crippen molar-refractivity contribution in [2.75, 3.05) is 36.8 Å². The van der Waals surface area contributed by atoms with E-state index < -0.39 is 0 Å². The van der Waals surface area contributed by atoms with Crippen LogP contribution in [0, 0.1) is 12.7 Å². The number of aryl methyl sites for hydroxylation is 1. The number of nitrogens with one attached hydrogen (secondary N) is 4. The Labute approximate surface area is 262 Å². The topological polar surface area (TPSA) is 101 Å². The van der Waals surface area contributed by atoms with Gasteiger partial charge in [-0.1, -0.05) is 18.2 Å². The first-order valence-electron chi connectivity index (χ1n) is 15.3. The summed E-state index contributed by atoms with van der Waals surface area (Å²) < 4.78 is 26.8. The molecule has 4 aromatic rings. The van der Waals surface area contributed by atoms with Gasteiger partial charge in [-0.15, -0.1) is 0 Å². The highest BCUT2D eigenvalue weighted by molar-refractivity contribution is 6.05. The molecule has 0 radical (unpaired) electrons. The van der Waals surface area contributed by atoms with Gasteiger partial charge in [0, 0.05) is 48.1 Å². The number of anilines is 2. The molecule has 2 amide bonds. The van der Waals surface area contributed by atoms with E-state index in [0.717, 1.165) is 61.3 Å². The Morgan fingerprint density at radius 3 is 2.04 bits per heavy atom. The van der Waals surface area contributed by atoms with Crippen LogP contribution in [0.2, 0.25) is 0 Å². The van der Waals surface area contributed by atoms with Gasteiger partial charge >= 0.3 is 0 Å². The highest BCUT2D eigenvalue weighted by Gasteiger charge is 2.21. The van der Waals surface area contributed by atoms with Crippen molar-refractivity contribution in [2.24, 2.45) is 0 Å². The maximum atomic E-state index is 14.1. The molecule has 0 aliphatic carbocycles. The number of carbonyl (C=O) groups is 2. The lowest BCUT2D eigenvalue weighted by Gasteiger charge is -2.19. The summed E-state index contributed by atoms with van der Waals surface area (Å²) in [4.78, 5) is 25.4. The number of rotatable bonds is 9. The fraction of sp³-hybridized carbons (Fsp3) is 0.278. The van der Waals surface area contributed by atoms with Gasteiger partial charge in [0.25, 0.3) is 5.91 Å². The lowest BCUT2D eigenvalue weighted by Crippen LogP contribution is -2.20. The van der Waals surface area contributed by atoms with Crippen LogP contribution in [-0.2, 0) is 4.79 Å². The molecule has 4 N–H and O–H groups in total. The lowest BCUT2D eigenvalue weighted by atomic mass is 9.99. The molecule has 232 valence electrons. The second-order valence-electron chi connectivity index (χ2n) is 11.6. The summed E-state index contributed by atoms with van der Waals surface area (Å²) in [5.74, 6) is 0.600. The minimum absolute atomic E-state index is 0.0216. The molecule has 45 heavy (non-hydrogen) atoms. The summed E-state index contributed by atoms with van der Waals surface area (Å²) in [6.45, 7) is 6.48. The predicted molar refractivity (Wildman–Crippen MR) is 175 cm³/mol. The van der Waals surface area contributed by atoms with Crippen LogP contribution in [0.25, 0.3) is 22.3 Å². The minimum Gasteiger partial charge on any atom is -0.488 e. The van der Waals surface area contributed by atoms with Crippen molar-refractivity contribution in [1.82, 2.24) is 10.6 Å². The molecule has 2 aliphatic rings. The zero-order chi connectivity index (χ0) is 31.3. The van der Waals surface area contributed by atoms with Gasteiger partial charge in [0.15, 0.2) is 0 Å². The normalized spacial score (nSPS) is 17.6.